The smallest absolute Gasteiger partial charge is 0.428 e. The summed E-state index contributed by atoms with van der Waals surface area (Å²) in [5.41, 5.74) is 0. The molecule has 0 N–H and O–H groups in total. The highest BCUT2D eigenvalue weighted by Crippen LogP contribution is 2.22. The largest absolute Gasteiger partial charge is 0.743 e. The molecule has 0 amide bonds. The summed E-state index contributed by atoms with van der Waals surface area (Å²) in [7, 11) is -6.01. The minimum absolute atomic E-state index is 0.237. The van der Waals surface area contributed by atoms with Crippen molar-refractivity contribution in [2.24, 2.45) is 0 Å². The average Bonchev–Trinajstić information content (AvgIpc) is 2.01. The van der Waals surface area contributed by atoms with Crippen LogP contribution in [0, 0.1) is 0 Å². The number of rotatable bonds is 4. The summed E-state index contributed by atoms with van der Waals surface area (Å²) in [6, 6.07) is 0. The van der Waals surface area contributed by atoms with E-state index < -0.39 is 27.4 Å². The first kappa shape index (κ1) is 13.2. The molecule has 1 atom stereocenters. The van der Waals surface area contributed by atoms with E-state index in [4.69, 9.17) is 0 Å². The van der Waals surface area contributed by atoms with Crippen molar-refractivity contribution in [1.82, 2.24) is 0 Å². The predicted molar refractivity (Wildman–Crippen MR) is 40.5 cm³/mol. The zero-order valence-electron chi connectivity index (χ0n) is 7.49. The van der Waals surface area contributed by atoms with E-state index in [-0.39, 0.29) is 6.42 Å². The third-order valence-electron chi connectivity index (χ3n) is 1.43. The summed E-state index contributed by atoms with van der Waals surface area (Å²) >= 11 is 0. The molecular formula is C6H9F2O5S-. The second-order valence-corrected chi connectivity index (χ2v) is 4.02. The lowest BCUT2D eigenvalue weighted by atomic mass is 10.3. The molecule has 14 heavy (non-hydrogen) atoms. The van der Waals surface area contributed by atoms with Crippen LogP contribution in [0.15, 0.2) is 0 Å². The van der Waals surface area contributed by atoms with E-state index in [1.165, 1.54) is 6.92 Å². The number of hydrogen-bond donors (Lipinski definition) is 0. The molecular weight excluding hydrogens is 222 g/mol. The summed E-state index contributed by atoms with van der Waals surface area (Å²) in [5.74, 6) is -2.33. The third kappa shape index (κ3) is 2.88. The van der Waals surface area contributed by atoms with Crippen molar-refractivity contribution in [3.05, 3.63) is 0 Å². The summed E-state index contributed by atoms with van der Waals surface area (Å²) < 4.78 is 58.8. The van der Waals surface area contributed by atoms with Crippen molar-refractivity contribution in [2.45, 2.75) is 31.6 Å². The van der Waals surface area contributed by atoms with Crippen LogP contribution in [0.25, 0.3) is 0 Å². The van der Waals surface area contributed by atoms with Gasteiger partial charge < -0.3 is 9.29 Å². The van der Waals surface area contributed by atoms with Gasteiger partial charge in [-0.05, 0) is 13.3 Å². The zero-order valence-corrected chi connectivity index (χ0v) is 8.31. The fraction of sp³-hybridized carbons (Fsp3) is 0.833. The van der Waals surface area contributed by atoms with Gasteiger partial charge in [0, 0.05) is 0 Å². The molecule has 0 aliphatic heterocycles. The molecule has 0 aromatic rings. The van der Waals surface area contributed by atoms with Gasteiger partial charge >= 0.3 is 11.2 Å². The van der Waals surface area contributed by atoms with Gasteiger partial charge in [0.1, 0.15) is 0 Å². The highest BCUT2D eigenvalue weighted by molar-refractivity contribution is 7.87. The van der Waals surface area contributed by atoms with Crippen molar-refractivity contribution in [3.63, 3.8) is 0 Å². The Bertz CT molecular complexity index is 310. The van der Waals surface area contributed by atoms with Gasteiger partial charge in [-0.3, -0.25) is 0 Å². The average molecular weight is 231 g/mol. The molecule has 0 spiro atoms. The minimum atomic E-state index is -6.01. The van der Waals surface area contributed by atoms with Crippen LogP contribution in [0.3, 0.4) is 0 Å². The summed E-state index contributed by atoms with van der Waals surface area (Å²) in [4.78, 5) is 10.5. The molecule has 0 aliphatic rings. The Labute approximate surface area is 79.8 Å². The molecule has 0 heterocycles. The van der Waals surface area contributed by atoms with Crippen molar-refractivity contribution < 1.29 is 31.3 Å². The van der Waals surface area contributed by atoms with E-state index in [2.05, 4.69) is 4.74 Å². The van der Waals surface area contributed by atoms with Crippen LogP contribution < -0.4 is 0 Å². The van der Waals surface area contributed by atoms with Gasteiger partial charge in [0.25, 0.3) is 0 Å². The Balaban J connectivity index is 4.70. The molecule has 0 rings (SSSR count). The Morgan fingerprint density at radius 2 is 2.00 bits per heavy atom. The first-order valence-electron chi connectivity index (χ1n) is 3.67. The first-order valence-corrected chi connectivity index (χ1v) is 5.08. The lowest BCUT2D eigenvalue weighted by molar-refractivity contribution is -0.166. The minimum Gasteiger partial charge on any atom is -0.743 e. The summed E-state index contributed by atoms with van der Waals surface area (Å²) in [6.07, 6.45) is -0.629. The van der Waals surface area contributed by atoms with E-state index in [0.717, 1.165) is 0 Å². The molecule has 84 valence electrons. The quantitative estimate of drug-likeness (QED) is 0.518. The predicted octanol–water partition coefficient (Wildman–Crippen LogP) is 0.466. The Morgan fingerprint density at radius 3 is 2.29 bits per heavy atom. The van der Waals surface area contributed by atoms with Crippen LogP contribution in [-0.4, -0.2) is 30.3 Å². The maximum atomic E-state index is 12.4. The fourth-order valence-corrected chi connectivity index (χ4v) is 0.689. The molecule has 0 aromatic heterocycles. The van der Waals surface area contributed by atoms with Crippen LogP contribution in [0.5, 0.6) is 0 Å². The van der Waals surface area contributed by atoms with Crippen LogP contribution in [0.4, 0.5) is 8.78 Å². The number of ether oxygens (including phenoxy) is 1. The highest BCUT2D eigenvalue weighted by Gasteiger charge is 2.48. The first-order chi connectivity index (χ1) is 6.13. The van der Waals surface area contributed by atoms with Gasteiger partial charge in [-0.1, -0.05) is 6.92 Å². The maximum Gasteiger partial charge on any atom is 0.428 e. The van der Waals surface area contributed by atoms with Crippen LogP contribution >= 0.6 is 0 Å². The summed E-state index contributed by atoms with van der Waals surface area (Å²) in [5, 5.41) is -5.02. The monoisotopic (exact) mass is 231 g/mol. The lowest BCUT2D eigenvalue weighted by Crippen LogP contribution is -2.40. The van der Waals surface area contributed by atoms with E-state index in [9.17, 15) is 26.5 Å². The zero-order chi connectivity index (χ0) is 11.6. The Hall–Kier alpha value is -0.760. The second-order valence-electron chi connectivity index (χ2n) is 2.60. The van der Waals surface area contributed by atoms with Gasteiger partial charge in [-0.25, -0.2) is 13.2 Å². The molecule has 0 radical (unpaired) electrons. The standard InChI is InChI=1S/C6H10F2O5S/c1-3-4(2)13-5(9)6(7,8)14(10,11)12/h4H,3H2,1-2H3,(H,10,11,12)/p-1. The summed E-state index contributed by atoms with van der Waals surface area (Å²) in [6.45, 7) is 2.84. The Kier molecular flexibility index (Phi) is 3.95. The van der Waals surface area contributed by atoms with Crippen LogP contribution in [-0.2, 0) is 19.6 Å². The number of hydrogen-bond acceptors (Lipinski definition) is 5. The van der Waals surface area contributed by atoms with Crippen LogP contribution in [0.2, 0.25) is 0 Å². The van der Waals surface area contributed by atoms with Crippen molar-refractivity contribution in [2.75, 3.05) is 0 Å². The molecule has 5 nitrogen and oxygen atoms in total. The molecule has 0 saturated carbocycles. The topological polar surface area (TPSA) is 83.5 Å². The van der Waals surface area contributed by atoms with Gasteiger partial charge in [-0.15, -0.1) is 0 Å². The van der Waals surface area contributed by atoms with E-state index in [1.807, 2.05) is 0 Å². The van der Waals surface area contributed by atoms with Gasteiger partial charge in [0.15, 0.2) is 10.1 Å². The second kappa shape index (κ2) is 4.18. The van der Waals surface area contributed by atoms with Crippen molar-refractivity contribution >= 4 is 16.1 Å². The van der Waals surface area contributed by atoms with Crippen LogP contribution in [0.1, 0.15) is 20.3 Å². The highest BCUT2D eigenvalue weighted by atomic mass is 32.2. The number of carbonyl (C=O) groups is 1. The van der Waals surface area contributed by atoms with Gasteiger partial charge in [0.05, 0.1) is 6.10 Å². The van der Waals surface area contributed by atoms with E-state index >= 15 is 0 Å². The number of alkyl halides is 2. The molecule has 0 saturated heterocycles. The normalized spacial score (nSPS) is 14.9. The van der Waals surface area contributed by atoms with Crippen molar-refractivity contribution in [1.29, 1.82) is 0 Å². The SMILES string of the molecule is CCC(C)OC(=O)C(F)(F)S(=O)(=O)[O-]. The number of carbonyl (C=O) groups excluding carboxylic acids is 1. The lowest BCUT2D eigenvalue weighted by Gasteiger charge is -2.20. The molecule has 0 fully saturated rings. The molecule has 0 aliphatic carbocycles. The molecule has 0 aromatic carbocycles. The van der Waals surface area contributed by atoms with Gasteiger partial charge in [-0.2, -0.15) is 8.78 Å². The van der Waals surface area contributed by atoms with E-state index in [0.29, 0.717) is 0 Å². The third-order valence-corrected chi connectivity index (χ3v) is 2.23. The number of esters is 1. The maximum absolute atomic E-state index is 12.4. The molecule has 8 heteroatoms. The Morgan fingerprint density at radius 1 is 1.57 bits per heavy atom. The van der Waals surface area contributed by atoms with E-state index in [1.54, 1.807) is 6.92 Å². The molecule has 1 unspecified atom stereocenters. The fourth-order valence-electron chi connectivity index (χ4n) is 0.437. The molecule has 0 bridgehead atoms. The number of halogens is 2. The van der Waals surface area contributed by atoms with Crippen molar-refractivity contribution in [3.8, 4) is 0 Å². The van der Waals surface area contributed by atoms with Gasteiger partial charge in [0.2, 0.25) is 0 Å².